The number of sulfonamides is 1. The average Bonchev–Trinajstić information content (AvgIpc) is 2.68. The van der Waals surface area contributed by atoms with E-state index in [1.54, 1.807) is 36.7 Å². The van der Waals surface area contributed by atoms with Crippen LogP contribution in [0.1, 0.15) is 5.56 Å². The minimum atomic E-state index is -3.50. The molecule has 1 N–H and O–H groups in total. The van der Waals surface area contributed by atoms with Crippen LogP contribution in [0, 0.1) is 0 Å². The molecule has 0 radical (unpaired) electrons. The number of carbonyl (C=O) groups excluding carboxylic acids is 1. The largest absolute Gasteiger partial charge is 0.323 e. The van der Waals surface area contributed by atoms with Gasteiger partial charge in [-0.1, -0.05) is 6.07 Å². The van der Waals surface area contributed by atoms with Crippen LogP contribution >= 0.6 is 0 Å². The third kappa shape index (κ3) is 5.00. The van der Waals surface area contributed by atoms with Gasteiger partial charge in [-0.2, -0.15) is 4.31 Å². The van der Waals surface area contributed by atoms with Crippen LogP contribution < -0.4 is 5.32 Å². The summed E-state index contributed by atoms with van der Waals surface area (Å²) in [6.45, 7) is 2.40. The third-order valence-corrected chi connectivity index (χ3v) is 6.25. The van der Waals surface area contributed by atoms with Crippen LogP contribution in [-0.4, -0.2) is 61.7 Å². The number of aromatic nitrogens is 1. The van der Waals surface area contributed by atoms with Crippen LogP contribution in [0.5, 0.6) is 0 Å². The quantitative estimate of drug-likeness (QED) is 0.791. The highest BCUT2D eigenvalue weighted by atomic mass is 32.2. The lowest BCUT2D eigenvalue weighted by atomic mass is 10.2. The zero-order valence-corrected chi connectivity index (χ0v) is 15.9. The molecule has 1 fully saturated rings. The fourth-order valence-electron chi connectivity index (χ4n) is 2.72. The molecule has 1 saturated heterocycles. The van der Waals surface area contributed by atoms with Crippen molar-refractivity contribution in [3.8, 4) is 0 Å². The number of piperazine rings is 1. The van der Waals surface area contributed by atoms with Crippen molar-refractivity contribution in [1.82, 2.24) is 14.2 Å². The van der Waals surface area contributed by atoms with Gasteiger partial charge >= 0.3 is 0 Å². The van der Waals surface area contributed by atoms with E-state index in [0.29, 0.717) is 18.8 Å². The highest BCUT2D eigenvalue weighted by Crippen LogP contribution is 2.19. The van der Waals surface area contributed by atoms with Crippen LogP contribution in [-0.2, 0) is 14.8 Å². The summed E-state index contributed by atoms with van der Waals surface area (Å²) in [7, 11) is -1.53. The standard InChI is InChI=1S/C19H22N4O3S/c1-22-11-13-23(14-12-22)27(25,26)18-7-5-17(6-8-18)21-19(24)9-4-16-3-2-10-20-15-16/h2-10,15H,11-14H2,1H3,(H,21,24)/b9-4+. The molecule has 2 heterocycles. The summed E-state index contributed by atoms with van der Waals surface area (Å²) >= 11 is 0. The molecule has 0 spiro atoms. The summed E-state index contributed by atoms with van der Waals surface area (Å²) in [6.07, 6.45) is 6.39. The molecule has 0 saturated carbocycles. The molecule has 1 amide bonds. The molecule has 3 rings (SSSR count). The Morgan fingerprint density at radius 1 is 1.11 bits per heavy atom. The normalized spacial score (nSPS) is 16.5. The molecule has 1 aromatic heterocycles. The van der Waals surface area contributed by atoms with E-state index in [0.717, 1.165) is 18.7 Å². The number of hydrogen-bond donors (Lipinski definition) is 1. The van der Waals surface area contributed by atoms with Gasteiger partial charge in [-0.05, 0) is 49.0 Å². The van der Waals surface area contributed by atoms with Crippen molar-refractivity contribution < 1.29 is 13.2 Å². The molecule has 1 aliphatic rings. The second-order valence-corrected chi connectivity index (χ2v) is 8.28. The van der Waals surface area contributed by atoms with Gasteiger partial charge in [0.1, 0.15) is 0 Å². The van der Waals surface area contributed by atoms with Gasteiger partial charge in [0.05, 0.1) is 4.90 Å². The first-order valence-corrected chi connectivity index (χ1v) is 10.1. The highest BCUT2D eigenvalue weighted by Gasteiger charge is 2.27. The molecule has 0 atom stereocenters. The first kappa shape index (κ1) is 19.2. The number of hydrogen-bond acceptors (Lipinski definition) is 5. The van der Waals surface area contributed by atoms with Crippen LogP contribution in [0.2, 0.25) is 0 Å². The summed E-state index contributed by atoms with van der Waals surface area (Å²) in [6, 6.07) is 9.87. The number of rotatable bonds is 5. The van der Waals surface area contributed by atoms with Gasteiger partial charge in [0.2, 0.25) is 15.9 Å². The molecule has 27 heavy (non-hydrogen) atoms. The zero-order chi connectivity index (χ0) is 19.3. The minimum Gasteiger partial charge on any atom is -0.323 e. The Morgan fingerprint density at radius 3 is 2.44 bits per heavy atom. The van der Waals surface area contributed by atoms with Crippen molar-refractivity contribution in [3.05, 3.63) is 60.4 Å². The fraction of sp³-hybridized carbons (Fsp3) is 0.263. The second kappa shape index (κ2) is 8.43. The predicted molar refractivity (Wildman–Crippen MR) is 105 cm³/mol. The Labute approximate surface area is 159 Å². The number of benzene rings is 1. The Kier molecular flexibility index (Phi) is 6.00. The molecule has 8 heteroatoms. The predicted octanol–water partition coefficient (Wildman–Crippen LogP) is 1.67. The van der Waals surface area contributed by atoms with Crippen LogP contribution in [0.25, 0.3) is 6.08 Å². The summed E-state index contributed by atoms with van der Waals surface area (Å²) in [5, 5.41) is 2.71. The lowest BCUT2D eigenvalue weighted by Crippen LogP contribution is -2.46. The van der Waals surface area contributed by atoms with Crippen LogP contribution in [0.4, 0.5) is 5.69 Å². The zero-order valence-electron chi connectivity index (χ0n) is 15.1. The Hall–Kier alpha value is -2.55. The maximum Gasteiger partial charge on any atom is 0.248 e. The van der Waals surface area contributed by atoms with Gasteiger partial charge in [0, 0.05) is 50.3 Å². The second-order valence-electron chi connectivity index (χ2n) is 6.34. The SMILES string of the molecule is CN1CCN(S(=O)(=O)c2ccc(NC(=O)/C=C/c3cccnc3)cc2)CC1. The lowest BCUT2D eigenvalue weighted by molar-refractivity contribution is -0.111. The van der Waals surface area contributed by atoms with E-state index in [-0.39, 0.29) is 10.8 Å². The van der Waals surface area contributed by atoms with Gasteiger partial charge in [-0.25, -0.2) is 8.42 Å². The molecule has 0 unspecified atom stereocenters. The van der Waals surface area contributed by atoms with Gasteiger partial charge in [0.25, 0.3) is 0 Å². The molecule has 0 aliphatic carbocycles. The number of anilines is 1. The van der Waals surface area contributed by atoms with Gasteiger partial charge < -0.3 is 10.2 Å². The molecule has 0 bridgehead atoms. The van der Waals surface area contributed by atoms with E-state index in [4.69, 9.17) is 0 Å². The van der Waals surface area contributed by atoms with Gasteiger partial charge in [0.15, 0.2) is 0 Å². The number of carbonyl (C=O) groups is 1. The molecular weight excluding hydrogens is 364 g/mol. The lowest BCUT2D eigenvalue weighted by Gasteiger charge is -2.31. The molecule has 1 aliphatic heterocycles. The van der Waals surface area contributed by atoms with Crippen molar-refractivity contribution in [2.45, 2.75) is 4.90 Å². The van der Waals surface area contributed by atoms with Crippen LogP contribution in [0.3, 0.4) is 0 Å². The summed E-state index contributed by atoms with van der Waals surface area (Å²) in [4.78, 5) is 18.3. The summed E-state index contributed by atoms with van der Waals surface area (Å²) in [5.41, 5.74) is 1.36. The Morgan fingerprint density at radius 2 is 1.81 bits per heavy atom. The molecule has 2 aromatic rings. The molecule has 7 nitrogen and oxygen atoms in total. The monoisotopic (exact) mass is 386 g/mol. The minimum absolute atomic E-state index is 0.232. The Balaban J connectivity index is 1.63. The first-order valence-electron chi connectivity index (χ1n) is 8.63. The van der Waals surface area contributed by atoms with Gasteiger partial charge in [-0.3, -0.25) is 9.78 Å². The third-order valence-electron chi connectivity index (χ3n) is 4.33. The summed E-state index contributed by atoms with van der Waals surface area (Å²) < 4.78 is 26.9. The van der Waals surface area contributed by atoms with Crippen LogP contribution in [0.15, 0.2) is 59.8 Å². The number of nitrogens with one attached hydrogen (secondary N) is 1. The fourth-order valence-corrected chi connectivity index (χ4v) is 4.14. The molecule has 142 valence electrons. The maximum atomic E-state index is 12.7. The number of likely N-dealkylation sites (N-methyl/N-ethyl adjacent to an activating group) is 1. The van der Waals surface area contributed by atoms with Crippen molar-refractivity contribution in [1.29, 1.82) is 0 Å². The highest BCUT2D eigenvalue weighted by molar-refractivity contribution is 7.89. The first-order chi connectivity index (χ1) is 12.9. The maximum absolute atomic E-state index is 12.7. The van der Waals surface area contributed by atoms with E-state index in [1.165, 1.54) is 22.5 Å². The van der Waals surface area contributed by atoms with Crippen molar-refractivity contribution in [2.75, 3.05) is 38.5 Å². The topological polar surface area (TPSA) is 82.6 Å². The Bertz CT molecular complexity index is 904. The van der Waals surface area contributed by atoms with E-state index in [1.807, 2.05) is 13.1 Å². The summed E-state index contributed by atoms with van der Waals surface area (Å²) in [5.74, 6) is -0.298. The smallest absolute Gasteiger partial charge is 0.248 e. The van der Waals surface area contributed by atoms with Crippen molar-refractivity contribution >= 4 is 27.7 Å². The van der Waals surface area contributed by atoms with Crippen molar-refractivity contribution in [3.63, 3.8) is 0 Å². The average molecular weight is 386 g/mol. The van der Waals surface area contributed by atoms with E-state index < -0.39 is 10.0 Å². The van der Waals surface area contributed by atoms with E-state index >= 15 is 0 Å². The van der Waals surface area contributed by atoms with E-state index in [2.05, 4.69) is 15.2 Å². The van der Waals surface area contributed by atoms with Gasteiger partial charge in [-0.15, -0.1) is 0 Å². The molecular formula is C19H22N4O3S. The van der Waals surface area contributed by atoms with Crippen molar-refractivity contribution in [2.24, 2.45) is 0 Å². The van der Waals surface area contributed by atoms with E-state index in [9.17, 15) is 13.2 Å². The number of pyridine rings is 1. The number of amides is 1. The number of nitrogens with zero attached hydrogens (tertiary/aromatic N) is 3. The molecule has 1 aromatic carbocycles.